The molecule has 2 aromatic rings. The Morgan fingerprint density at radius 3 is 2.72 bits per heavy atom. The number of carbonyl (C=O) groups is 2. The number of amides is 2. The van der Waals surface area contributed by atoms with Crippen molar-refractivity contribution in [2.75, 3.05) is 39.3 Å². The van der Waals surface area contributed by atoms with Crippen LogP contribution in [0.4, 0.5) is 0 Å². The highest BCUT2D eigenvalue weighted by atomic mass is 32.2. The number of benzene rings is 2. The van der Waals surface area contributed by atoms with Crippen LogP contribution < -0.4 is 14.8 Å². The Balaban J connectivity index is 1.49. The number of ether oxygens (including phenoxy) is 2. The number of fused-ring (bicyclic) bond motifs is 1. The number of rotatable bonds is 6. The average Bonchev–Trinajstić information content (AvgIpc) is 2.82. The third-order valence-corrected chi connectivity index (χ3v) is 7.22. The molecular formula is C22H25N3O6S. The number of nitrogens with zero attached hydrogens (tertiary/aromatic N) is 2. The van der Waals surface area contributed by atoms with Crippen LogP contribution in [0.5, 0.6) is 11.5 Å². The highest BCUT2D eigenvalue weighted by Crippen LogP contribution is 2.31. The van der Waals surface area contributed by atoms with Gasteiger partial charge in [-0.05, 0) is 37.3 Å². The first-order valence-electron chi connectivity index (χ1n) is 10.4. The SMILES string of the molecule is CCN(CC1COc2ccccc2O1)C(=O)c1cccc(S(=O)(=O)N2CCNC(=O)C2)c1. The molecule has 170 valence electrons. The average molecular weight is 460 g/mol. The molecule has 10 heteroatoms. The lowest BCUT2D eigenvalue weighted by molar-refractivity contribution is -0.122. The number of hydrogen-bond acceptors (Lipinski definition) is 6. The monoisotopic (exact) mass is 459 g/mol. The van der Waals surface area contributed by atoms with Crippen molar-refractivity contribution in [1.82, 2.24) is 14.5 Å². The highest BCUT2D eigenvalue weighted by Gasteiger charge is 2.30. The smallest absolute Gasteiger partial charge is 0.254 e. The Kier molecular flexibility index (Phi) is 6.33. The maximum Gasteiger partial charge on any atom is 0.254 e. The van der Waals surface area contributed by atoms with E-state index in [1.165, 1.54) is 18.2 Å². The van der Waals surface area contributed by atoms with Gasteiger partial charge in [0.1, 0.15) is 6.61 Å². The largest absolute Gasteiger partial charge is 0.486 e. The zero-order valence-electron chi connectivity index (χ0n) is 17.7. The van der Waals surface area contributed by atoms with Gasteiger partial charge < -0.3 is 19.7 Å². The predicted molar refractivity (Wildman–Crippen MR) is 116 cm³/mol. The summed E-state index contributed by atoms with van der Waals surface area (Å²) in [5.74, 6) is 0.650. The molecule has 0 aromatic heterocycles. The first kappa shape index (κ1) is 22.1. The number of piperazine rings is 1. The van der Waals surface area contributed by atoms with Crippen LogP contribution in [0.3, 0.4) is 0 Å². The maximum atomic E-state index is 13.2. The van der Waals surface area contributed by atoms with E-state index in [2.05, 4.69) is 5.32 Å². The molecule has 0 spiro atoms. The lowest BCUT2D eigenvalue weighted by Gasteiger charge is -2.31. The van der Waals surface area contributed by atoms with Crippen LogP contribution in [0.15, 0.2) is 53.4 Å². The van der Waals surface area contributed by atoms with E-state index in [4.69, 9.17) is 9.47 Å². The predicted octanol–water partition coefficient (Wildman–Crippen LogP) is 1.11. The molecule has 1 fully saturated rings. The van der Waals surface area contributed by atoms with Gasteiger partial charge in [0, 0.05) is 25.2 Å². The fraction of sp³-hybridized carbons (Fsp3) is 0.364. The van der Waals surface area contributed by atoms with E-state index in [0.717, 1.165) is 4.31 Å². The number of nitrogens with one attached hydrogen (secondary N) is 1. The fourth-order valence-corrected chi connectivity index (χ4v) is 5.14. The van der Waals surface area contributed by atoms with E-state index in [9.17, 15) is 18.0 Å². The zero-order valence-corrected chi connectivity index (χ0v) is 18.5. The molecule has 2 amide bonds. The molecule has 1 unspecified atom stereocenters. The Bertz CT molecular complexity index is 1120. The van der Waals surface area contributed by atoms with Gasteiger partial charge in [-0.15, -0.1) is 0 Å². The lowest BCUT2D eigenvalue weighted by atomic mass is 10.2. The third kappa shape index (κ3) is 4.56. The van der Waals surface area contributed by atoms with Crippen molar-refractivity contribution in [2.45, 2.75) is 17.9 Å². The minimum absolute atomic E-state index is 0.0136. The molecule has 0 saturated carbocycles. The van der Waals surface area contributed by atoms with Gasteiger partial charge in [-0.3, -0.25) is 9.59 Å². The molecular weight excluding hydrogens is 434 g/mol. The Labute approximate surface area is 187 Å². The minimum atomic E-state index is -3.89. The molecule has 2 aliphatic heterocycles. The van der Waals surface area contributed by atoms with Crippen molar-refractivity contribution in [3.8, 4) is 11.5 Å². The van der Waals surface area contributed by atoms with Crippen molar-refractivity contribution in [3.63, 3.8) is 0 Å². The molecule has 9 nitrogen and oxygen atoms in total. The summed E-state index contributed by atoms with van der Waals surface area (Å²) < 4.78 is 38.7. The first-order chi connectivity index (χ1) is 15.4. The highest BCUT2D eigenvalue weighted by molar-refractivity contribution is 7.89. The number of carbonyl (C=O) groups excluding carboxylic acids is 2. The van der Waals surface area contributed by atoms with Crippen LogP contribution in [-0.2, 0) is 14.8 Å². The number of hydrogen-bond donors (Lipinski definition) is 1. The molecule has 0 radical (unpaired) electrons. The summed E-state index contributed by atoms with van der Waals surface area (Å²) in [5, 5.41) is 2.60. The van der Waals surface area contributed by atoms with Gasteiger partial charge in [-0.25, -0.2) is 8.42 Å². The van der Waals surface area contributed by atoms with E-state index in [-0.39, 0.29) is 48.0 Å². The summed E-state index contributed by atoms with van der Waals surface area (Å²) in [7, 11) is -3.89. The van der Waals surface area contributed by atoms with Gasteiger partial charge in [0.25, 0.3) is 5.91 Å². The van der Waals surface area contributed by atoms with Crippen LogP contribution >= 0.6 is 0 Å². The fourth-order valence-electron chi connectivity index (χ4n) is 3.70. The van der Waals surface area contributed by atoms with Gasteiger partial charge in [0.15, 0.2) is 17.6 Å². The van der Waals surface area contributed by atoms with Gasteiger partial charge in [-0.1, -0.05) is 18.2 Å². The zero-order chi connectivity index (χ0) is 22.7. The quantitative estimate of drug-likeness (QED) is 0.694. The van der Waals surface area contributed by atoms with E-state index in [0.29, 0.717) is 31.2 Å². The molecule has 32 heavy (non-hydrogen) atoms. The molecule has 1 atom stereocenters. The summed E-state index contributed by atoms with van der Waals surface area (Å²) in [6, 6.07) is 13.3. The molecule has 4 rings (SSSR count). The first-order valence-corrected chi connectivity index (χ1v) is 11.9. The van der Waals surface area contributed by atoms with Gasteiger partial charge in [-0.2, -0.15) is 4.31 Å². The van der Waals surface area contributed by atoms with Crippen LogP contribution in [0, 0.1) is 0 Å². The van der Waals surface area contributed by atoms with Crippen molar-refractivity contribution in [2.24, 2.45) is 0 Å². The van der Waals surface area contributed by atoms with E-state index in [1.54, 1.807) is 11.0 Å². The number of sulfonamides is 1. The van der Waals surface area contributed by atoms with Crippen molar-refractivity contribution < 1.29 is 27.5 Å². The summed E-state index contributed by atoms with van der Waals surface area (Å²) in [6.45, 7) is 3.09. The standard InChI is InChI=1S/C22H25N3O6S/c1-2-24(13-17-15-30-19-8-3-4-9-20(19)31-17)22(27)16-6-5-7-18(12-16)32(28,29)25-11-10-23-21(26)14-25/h3-9,12,17H,2,10-11,13-15H2,1H3,(H,23,26). The Morgan fingerprint density at radius 2 is 1.97 bits per heavy atom. The van der Waals surface area contributed by atoms with Crippen LogP contribution in [0.1, 0.15) is 17.3 Å². The number of para-hydroxylation sites is 2. The van der Waals surface area contributed by atoms with Crippen molar-refractivity contribution in [3.05, 3.63) is 54.1 Å². The van der Waals surface area contributed by atoms with Crippen LogP contribution in [0.25, 0.3) is 0 Å². The maximum absolute atomic E-state index is 13.2. The van der Waals surface area contributed by atoms with Gasteiger partial charge >= 0.3 is 0 Å². The Morgan fingerprint density at radius 1 is 1.19 bits per heavy atom. The molecule has 0 bridgehead atoms. The second kappa shape index (κ2) is 9.17. The summed E-state index contributed by atoms with van der Waals surface area (Å²) >= 11 is 0. The minimum Gasteiger partial charge on any atom is -0.486 e. The van der Waals surface area contributed by atoms with E-state index < -0.39 is 10.0 Å². The molecule has 0 aliphatic carbocycles. The molecule has 1 saturated heterocycles. The lowest BCUT2D eigenvalue weighted by Crippen LogP contribution is -2.49. The molecule has 2 aliphatic rings. The third-order valence-electron chi connectivity index (χ3n) is 5.38. The van der Waals surface area contributed by atoms with E-state index >= 15 is 0 Å². The van der Waals surface area contributed by atoms with Gasteiger partial charge in [0.05, 0.1) is 18.0 Å². The second-order valence-electron chi connectivity index (χ2n) is 7.56. The normalized spacial score (nSPS) is 18.7. The van der Waals surface area contributed by atoms with Crippen molar-refractivity contribution in [1.29, 1.82) is 0 Å². The Hall–Kier alpha value is -3.11. The van der Waals surface area contributed by atoms with Crippen LogP contribution in [0.2, 0.25) is 0 Å². The van der Waals surface area contributed by atoms with Gasteiger partial charge in [0.2, 0.25) is 15.9 Å². The topological polar surface area (TPSA) is 105 Å². The summed E-state index contributed by atoms with van der Waals surface area (Å²) in [4.78, 5) is 26.4. The molecule has 2 aromatic carbocycles. The summed E-state index contributed by atoms with van der Waals surface area (Å²) in [6.07, 6.45) is -0.340. The second-order valence-corrected chi connectivity index (χ2v) is 9.50. The molecule has 2 heterocycles. The van der Waals surface area contributed by atoms with Crippen molar-refractivity contribution >= 4 is 21.8 Å². The molecule has 1 N–H and O–H groups in total. The summed E-state index contributed by atoms with van der Waals surface area (Å²) in [5.41, 5.74) is 0.256. The van der Waals surface area contributed by atoms with Crippen LogP contribution in [-0.4, -0.2) is 74.9 Å². The van der Waals surface area contributed by atoms with E-state index in [1.807, 2.05) is 31.2 Å². The number of likely N-dealkylation sites (N-methyl/N-ethyl adjacent to an activating group) is 1.